The van der Waals surface area contributed by atoms with E-state index in [0.29, 0.717) is 67.2 Å². The number of hydrogen-bond donors (Lipinski definition) is 6. The van der Waals surface area contributed by atoms with Crippen molar-refractivity contribution < 1.29 is 50.1 Å². The van der Waals surface area contributed by atoms with E-state index >= 15 is 0 Å². The molecule has 2 unspecified atom stereocenters. The number of rotatable bonds is 22. The minimum absolute atomic E-state index is 0.0145. The number of Topliss-reactive ketones (excluding diaryl/α,β-unsaturated/α-hetero) is 1. The van der Waals surface area contributed by atoms with E-state index in [1.807, 2.05) is 41.5 Å². The van der Waals surface area contributed by atoms with E-state index in [1.165, 1.54) is 25.5 Å². The van der Waals surface area contributed by atoms with Gasteiger partial charge in [0.2, 0.25) is 0 Å². The zero-order chi connectivity index (χ0) is 54.6. The number of fused-ring (bicyclic) bond motifs is 2. The van der Waals surface area contributed by atoms with Gasteiger partial charge in [0, 0.05) is 0 Å². The molecule has 0 saturated carbocycles. The van der Waals surface area contributed by atoms with Crippen molar-refractivity contribution in [3.8, 4) is 11.5 Å². The van der Waals surface area contributed by atoms with E-state index in [0.717, 1.165) is 64.5 Å². The van der Waals surface area contributed by atoms with Gasteiger partial charge in [-0.15, -0.1) is 0 Å². The quantitative estimate of drug-likeness (QED) is 0.0210. The van der Waals surface area contributed by atoms with Gasteiger partial charge in [-0.25, -0.2) is 0 Å². The maximum absolute atomic E-state index is 13.3. The van der Waals surface area contributed by atoms with Crippen LogP contribution in [0.3, 0.4) is 0 Å². The predicted molar refractivity (Wildman–Crippen MR) is 282 cm³/mol. The van der Waals surface area contributed by atoms with Crippen LogP contribution < -0.4 is 41.0 Å². The van der Waals surface area contributed by atoms with E-state index < -0.39 is 32.1 Å². The molecule has 3 aromatic rings. The molecule has 0 aliphatic carbocycles. The second-order valence-corrected chi connectivity index (χ2v) is 23.4. The number of nitrogens with one attached hydrogen (secondary N) is 4. The Morgan fingerprint density at radius 1 is 0.753 bits per heavy atom. The number of hydrogen-bond acceptors (Lipinski definition) is 17. The van der Waals surface area contributed by atoms with Crippen LogP contribution in [0.25, 0.3) is 0 Å². The standard InChI is InChI=1S/C24H34BN5O5S2.C23H38BN5O6S/c1-14-15(2)21(16(3)17-8-9-24(4,5)35-20(14)17)37(33,34)30-23(26)28-10-6-7-18(29-13-25-32)19(31)22-27-11-12-36-22;1-14-15(2)20(16(3)17-10-11-23(4,5)35-19(14)17)36(32,33)28-22(25)26-12-8-9-18(27-13-24-31)21(30)29(6)34-7/h11-12,18,29H,6-10,13H2,1-5H3,(H3,26,28,30);18,27H,8-13H2,1-7H3,(H3,25,26,28). The van der Waals surface area contributed by atoms with Crippen molar-refractivity contribution in [2.45, 2.75) is 154 Å². The van der Waals surface area contributed by atoms with Gasteiger partial charge in [0.1, 0.15) is 22.7 Å². The van der Waals surface area contributed by atoms with Gasteiger partial charge >= 0.3 is 288 Å². The number of nitrogens with zero attached hydrogens (tertiary/aromatic N) is 4. The van der Waals surface area contributed by atoms with Gasteiger partial charge in [0.05, 0.1) is 0 Å². The number of aromatic nitrogens is 1. The van der Waals surface area contributed by atoms with Crippen molar-refractivity contribution in [3.63, 3.8) is 0 Å². The van der Waals surface area contributed by atoms with Gasteiger partial charge in [0.15, 0.2) is 0 Å². The summed E-state index contributed by atoms with van der Waals surface area (Å²) in [6, 6.07) is -1.25. The van der Waals surface area contributed by atoms with Gasteiger partial charge < -0.3 is 9.47 Å². The monoisotopic (exact) mass is 1070 g/mol. The first kappa shape index (κ1) is 60.4. The number of sulfonamides is 2. The molecular formula is C47H72B2N10O11S3. The molecule has 3 heterocycles. The molecule has 2 aliphatic heterocycles. The van der Waals surface area contributed by atoms with Crippen LogP contribution in [0.2, 0.25) is 0 Å². The number of guanidine groups is 2. The first-order chi connectivity index (χ1) is 34.1. The van der Waals surface area contributed by atoms with Crippen molar-refractivity contribution in [1.82, 2.24) is 30.1 Å². The van der Waals surface area contributed by atoms with Crippen molar-refractivity contribution >= 4 is 69.3 Å². The van der Waals surface area contributed by atoms with Gasteiger partial charge in [-0.1, -0.05) is 0 Å². The summed E-state index contributed by atoms with van der Waals surface area (Å²) in [5.74, 6) is 0.522. The number of carbonyl (C=O) groups excluding carboxylic acids is 2. The third-order valence-electron chi connectivity index (χ3n) is 13.0. The molecular weight excluding hydrogens is 998 g/mol. The summed E-state index contributed by atoms with van der Waals surface area (Å²) >= 11 is 1.23. The molecule has 26 heteroatoms. The Bertz CT molecular complexity index is 2790. The molecule has 0 saturated heterocycles. The molecule has 0 radical (unpaired) electrons. The summed E-state index contributed by atoms with van der Waals surface area (Å²) in [5, 5.41) is 8.89. The van der Waals surface area contributed by atoms with E-state index in [9.17, 15) is 35.8 Å². The van der Waals surface area contributed by atoms with Gasteiger partial charge in [-0.05, 0) is 117 Å². The van der Waals surface area contributed by atoms with Crippen molar-refractivity contribution in [2.24, 2.45) is 21.5 Å². The van der Waals surface area contributed by atoms with Crippen LogP contribution in [0.5, 0.6) is 11.5 Å². The average molecular weight is 1070 g/mol. The zero-order valence-corrected chi connectivity index (χ0v) is 46.6. The molecule has 0 fully saturated rings. The molecule has 73 heavy (non-hydrogen) atoms. The van der Waals surface area contributed by atoms with E-state index in [-0.39, 0.29) is 70.6 Å². The average Bonchev–Trinajstić information content (AvgIpc) is 3.86. The minimum atomic E-state index is -3.99. The van der Waals surface area contributed by atoms with E-state index in [4.69, 9.17) is 25.8 Å². The molecule has 1 amide bonds. The van der Waals surface area contributed by atoms with Crippen molar-refractivity contribution in [2.75, 3.05) is 40.1 Å². The van der Waals surface area contributed by atoms with Gasteiger partial charge in [0.25, 0.3) is 0 Å². The Kier molecular flexibility index (Phi) is 21.4. The zero-order valence-electron chi connectivity index (χ0n) is 44.1. The summed E-state index contributed by atoms with van der Waals surface area (Å²) < 4.78 is 91.8. The molecule has 8 N–H and O–H groups in total. The SMILES string of the molecule is CON(C)C(=O)C(CCCN=C(N)NS(=O)(=O)c1c(C)c(C)c2c(c1C)CCC(C)(C)O2)NCB=O.Cc1c(C)c(S(=O)(=O)NC(N)=NCCCC(NCB=O)C(=O)c2nccs2)c(C)c2c1OC(C)(C)CC2. The molecule has 5 rings (SSSR count). The number of amides is 1. The molecule has 400 valence electrons. The van der Waals surface area contributed by atoms with Crippen LogP contribution in [0.1, 0.15) is 121 Å². The Labute approximate surface area is 435 Å². The summed E-state index contributed by atoms with van der Waals surface area (Å²) in [4.78, 5) is 42.6. The predicted octanol–water partition coefficient (Wildman–Crippen LogP) is 3.47. The Balaban J connectivity index is 0.000000317. The van der Waals surface area contributed by atoms with Crippen molar-refractivity contribution in [1.29, 1.82) is 0 Å². The topological polar surface area (TPSA) is 305 Å². The Hall–Kier alpha value is -5.14. The number of thiazole rings is 1. The van der Waals surface area contributed by atoms with Crippen LogP contribution in [-0.4, -0.2) is 128 Å². The Morgan fingerprint density at radius 2 is 1.18 bits per heavy atom. The fourth-order valence-corrected chi connectivity index (χ4v) is 12.4. The molecule has 2 aromatic carbocycles. The second-order valence-electron chi connectivity index (χ2n) is 19.3. The van der Waals surface area contributed by atoms with Crippen molar-refractivity contribution in [3.05, 3.63) is 61.1 Å². The van der Waals surface area contributed by atoms with E-state index in [2.05, 4.69) is 35.0 Å². The molecule has 2 atom stereocenters. The van der Waals surface area contributed by atoms with Crippen LogP contribution >= 0.6 is 11.3 Å². The first-order valence-electron chi connectivity index (χ1n) is 24.0. The number of nitrogens with two attached hydrogens (primary N) is 2. The summed E-state index contributed by atoms with van der Waals surface area (Å²) in [6.07, 6.45) is 6.21. The molecule has 21 nitrogen and oxygen atoms in total. The summed E-state index contributed by atoms with van der Waals surface area (Å²) in [5.41, 5.74) is 17.1. The van der Waals surface area contributed by atoms with Gasteiger partial charge in [-0.2, -0.15) is 0 Å². The normalized spacial score (nSPS) is 15.9. The molecule has 2 aliphatic rings. The number of ether oxygens (including phenoxy) is 2. The third-order valence-corrected chi connectivity index (χ3v) is 17.0. The second kappa shape index (κ2) is 25.9. The Morgan fingerprint density at radius 3 is 1.58 bits per heavy atom. The molecule has 0 spiro atoms. The van der Waals surface area contributed by atoms with E-state index in [1.54, 1.807) is 39.3 Å². The smallest absolute Gasteiger partial charge is 0.487 e. The first-order valence-corrected chi connectivity index (χ1v) is 27.9. The number of likely N-dealkylation sites (N-methyl/N-ethyl adjacent to an activating group) is 1. The number of aliphatic imine (C=N–C) groups is 2. The van der Waals surface area contributed by atoms with Crippen LogP contribution in [-0.2, 0) is 51.9 Å². The van der Waals surface area contributed by atoms with Crippen LogP contribution in [0.15, 0.2) is 31.4 Å². The fraction of sp³-hybridized carbons (Fsp3) is 0.596. The number of benzene rings is 2. The number of hydroxylamine groups is 2. The summed E-state index contributed by atoms with van der Waals surface area (Å²) in [7, 11) is -3.78. The minimum Gasteiger partial charge on any atom is -0.487 e. The maximum atomic E-state index is 13.3. The fourth-order valence-electron chi connectivity index (χ4n) is 8.76. The molecule has 0 bridgehead atoms. The number of carbonyl (C=O) groups is 2. The number of ketones is 1. The summed E-state index contributed by atoms with van der Waals surface area (Å²) in [6.45, 7) is 19.3. The van der Waals surface area contributed by atoms with Crippen LogP contribution in [0.4, 0.5) is 0 Å². The molecule has 1 aromatic heterocycles. The van der Waals surface area contributed by atoms with Gasteiger partial charge in [-0.3, -0.25) is 0 Å². The third kappa shape index (κ3) is 15.7. The van der Waals surface area contributed by atoms with Crippen LogP contribution in [0, 0.1) is 41.5 Å².